The van der Waals surface area contributed by atoms with E-state index in [0.29, 0.717) is 23.6 Å². The number of benzene rings is 1. The van der Waals surface area contributed by atoms with Gasteiger partial charge in [-0.05, 0) is 37.9 Å². The highest BCUT2D eigenvalue weighted by Gasteiger charge is 2.16. The van der Waals surface area contributed by atoms with Gasteiger partial charge < -0.3 is 11.5 Å². The van der Waals surface area contributed by atoms with Gasteiger partial charge in [0.2, 0.25) is 0 Å². The lowest BCUT2D eigenvalue weighted by atomic mass is 9.99. The van der Waals surface area contributed by atoms with E-state index in [9.17, 15) is 4.39 Å². The van der Waals surface area contributed by atoms with Crippen LogP contribution >= 0.6 is 11.6 Å². The third kappa shape index (κ3) is 3.17. The van der Waals surface area contributed by atoms with Crippen LogP contribution < -0.4 is 11.5 Å². The highest BCUT2D eigenvalue weighted by molar-refractivity contribution is 6.32. The molecule has 4 N–H and O–H groups in total. The summed E-state index contributed by atoms with van der Waals surface area (Å²) < 4.78 is 13.6. The predicted octanol–water partition coefficient (Wildman–Crippen LogP) is 2.92. The normalized spacial score (nSPS) is 12.8. The molecule has 1 aromatic carbocycles. The van der Waals surface area contributed by atoms with Crippen LogP contribution in [0.15, 0.2) is 12.1 Å². The quantitative estimate of drug-likeness (QED) is 0.783. The average Bonchev–Trinajstić information content (AvgIpc) is 2.24. The minimum atomic E-state index is -0.348. The number of rotatable bonds is 5. The van der Waals surface area contributed by atoms with Crippen molar-refractivity contribution in [3.05, 3.63) is 34.1 Å². The summed E-state index contributed by atoms with van der Waals surface area (Å²) in [5.41, 5.74) is 12.6. The van der Waals surface area contributed by atoms with E-state index in [4.69, 9.17) is 23.1 Å². The Morgan fingerprint density at radius 1 is 1.38 bits per heavy atom. The lowest BCUT2D eigenvalue weighted by molar-refractivity contribution is 0.543. The van der Waals surface area contributed by atoms with Crippen molar-refractivity contribution in [3.8, 4) is 0 Å². The molecule has 0 heterocycles. The summed E-state index contributed by atoms with van der Waals surface area (Å²) in [6.07, 6.45) is 2.50. The zero-order chi connectivity index (χ0) is 12.1. The van der Waals surface area contributed by atoms with Crippen LogP contribution in [0, 0.1) is 12.7 Å². The smallest absolute Gasteiger partial charge is 0.129 e. The van der Waals surface area contributed by atoms with Gasteiger partial charge in [0.25, 0.3) is 0 Å². The second-order valence-electron chi connectivity index (χ2n) is 3.98. The monoisotopic (exact) mass is 244 g/mol. The fourth-order valence-corrected chi connectivity index (χ4v) is 1.96. The van der Waals surface area contributed by atoms with Gasteiger partial charge in [0, 0.05) is 11.6 Å². The Kier molecular flexibility index (Phi) is 5.19. The van der Waals surface area contributed by atoms with Crippen molar-refractivity contribution in [2.75, 3.05) is 6.54 Å². The molecule has 0 amide bonds. The van der Waals surface area contributed by atoms with Crippen LogP contribution in [0.25, 0.3) is 0 Å². The van der Waals surface area contributed by atoms with Crippen LogP contribution in [0.5, 0.6) is 0 Å². The standard InChI is InChI=1S/C12H18ClFN2/c1-8-5-6-9(14)11(12(8)13)10(16)4-2-3-7-15/h5-6,10H,2-4,7,15-16H2,1H3/t10-/m0/s1. The predicted molar refractivity (Wildman–Crippen MR) is 66.0 cm³/mol. The van der Waals surface area contributed by atoms with Crippen molar-refractivity contribution in [1.29, 1.82) is 0 Å². The Morgan fingerprint density at radius 2 is 2.06 bits per heavy atom. The summed E-state index contributed by atoms with van der Waals surface area (Å²) in [5.74, 6) is -0.323. The summed E-state index contributed by atoms with van der Waals surface area (Å²) in [5, 5.41) is 0.445. The fraction of sp³-hybridized carbons (Fsp3) is 0.500. The molecule has 1 atom stereocenters. The van der Waals surface area contributed by atoms with E-state index in [1.54, 1.807) is 6.07 Å². The molecular formula is C12H18ClFN2. The molecule has 0 aliphatic rings. The van der Waals surface area contributed by atoms with Gasteiger partial charge in [0.05, 0.1) is 5.02 Å². The Bertz CT molecular complexity index is 355. The first-order valence-electron chi connectivity index (χ1n) is 5.48. The van der Waals surface area contributed by atoms with Gasteiger partial charge in [-0.1, -0.05) is 24.1 Å². The van der Waals surface area contributed by atoms with Crippen LogP contribution in [0.1, 0.15) is 36.4 Å². The molecule has 0 spiro atoms. The molecule has 0 fully saturated rings. The molecule has 16 heavy (non-hydrogen) atoms. The highest BCUT2D eigenvalue weighted by Crippen LogP contribution is 2.30. The Hall–Kier alpha value is -0.640. The number of halogens is 2. The van der Waals surface area contributed by atoms with Crippen molar-refractivity contribution in [3.63, 3.8) is 0 Å². The summed E-state index contributed by atoms with van der Waals surface area (Å²) >= 11 is 6.06. The van der Waals surface area contributed by atoms with Crippen molar-refractivity contribution in [1.82, 2.24) is 0 Å². The summed E-state index contributed by atoms with van der Waals surface area (Å²) in [6, 6.07) is 2.73. The highest BCUT2D eigenvalue weighted by atomic mass is 35.5. The largest absolute Gasteiger partial charge is 0.330 e. The summed E-state index contributed by atoms with van der Waals surface area (Å²) in [4.78, 5) is 0. The van der Waals surface area contributed by atoms with E-state index in [1.165, 1.54) is 6.07 Å². The van der Waals surface area contributed by atoms with E-state index >= 15 is 0 Å². The Morgan fingerprint density at radius 3 is 2.69 bits per heavy atom. The Balaban J connectivity index is 2.81. The number of unbranched alkanes of at least 4 members (excludes halogenated alkanes) is 1. The third-order valence-corrected chi connectivity index (χ3v) is 3.16. The van der Waals surface area contributed by atoms with Gasteiger partial charge in [0.1, 0.15) is 5.82 Å². The molecule has 1 aromatic rings. The molecule has 0 saturated heterocycles. The lowest BCUT2D eigenvalue weighted by Gasteiger charge is -2.15. The molecule has 90 valence electrons. The lowest BCUT2D eigenvalue weighted by Crippen LogP contribution is -2.14. The molecular weight excluding hydrogens is 227 g/mol. The average molecular weight is 245 g/mol. The van der Waals surface area contributed by atoms with Crippen molar-refractivity contribution in [2.45, 2.75) is 32.2 Å². The molecule has 0 radical (unpaired) electrons. The van der Waals surface area contributed by atoms with Crippen LogP contribution in [-0.2, 0) is 0 Å². The van der Waals surface area contributed by atoms with E-state index < -0.39 is 0 Å². The van der Waals surface area contributed by atoms with Crippen LogP contribution in [0.3, 0.4) is 0 Å². The molecule has 0 saturated carbocycles. The fourth-order valence-electron chi connectivity index (χ4n) is 1.67. The summed E-state index contributed by atoms with van der Waals surface area (Å²) in [6.45, 7) is 2.48. The van der Waals surface area contributed by atoms with Crippen molar-refractivity contribution in [2.24, 2.45) is 11.5 Å². The molecule has 0 aliphatic heterocycles. The first-order valence-corrected chi connectivity index (χ1v) is 5.86. The molecule has 0 unspecified atom stereocenters. The van der Waals surface area contributed by atoms with E-state index in [1.807, 2.05) is 6.92 Å². The SMILES string of the molecule is Cc1ccc(F)c([C@@H](N)CCCCN)c1Cl. The molecule has 0 aromatic heterocycles. The second kappa shape index (κ2) is 6.18. The van der Waals surface area contributed by atoms with Crippen molar-refractivity contribution >= 4 is 11.6 Å². The zero-order valence-corrected chi connectivity index (χ0v) is 10.2. The van der Waals surface area contributed by atoms with Crippen molar-refractivity contribution < 1.29 is 4.39 Å². The van der Waals surface area contributed by atoms with E-state index in [0.717, 1.165) is 18.4 Å². The molecule has 0 bridgehead atoms. The van der Waals surface area contributed by atoms with Crippen LogP contribution in [-0.4, -0.2) is 6.54 Å². The topological polar surface area (TPSA) is 52.0 Å². The number of hydrogen-bond acceptors (Lipinski definition) is 2. The maximum absolute atomic E-state index is 13.6. The van der Waals surface area contributed by atoms with Gasteiger partial charge in [0.15, 0.2) is 0 Å². The molecule has 1 rings (SSSR count). The number of hydrogen-bond donors (Lipinski definition) is 2. The van der Waals surface area contributed by atoms with Crippen LogP contribution in [0.4, 0.5) is 4.39 Å². The van der Waals surface area contributed by atoms with Gasteiger partial charge in [-0.2, -0.15) is 0 Å². The van der Waals surface area contributed by atoms with Crippen LogP contribution in [0.2, 0.25) is 5.02 Å². The summed E-state index contributed by atoms with van der Waals surface area (Å²) in [7, 11) is 0. The number of aryl methyl sites for hydroxylation is 1. The third-order valence-electron chi connectivity index (χ3n) is 2.66. The van der Waals surface area contributed by atoms with Gasteiger partial charge in [-0.3, -0.25) is 0 Å². The second-order valence-corrected chi connectivity index (χ2v) is 4.36. The molecule has 2 nitrogen and oxygen atoms in total. The van der Waals surface area contributed by atoms with E-state index in [2.05, 4.69) is 0 Å². The molecule has 4 heteroatoms. The maximum atomic E-state index is 13.6. The van der Waals surface area contributed by atoms with Gasteiger partial charge >= 0.3 is 0 Å². The Labute approximate surface area is 101 Å². The van der Waals surface area contributed by atoms with Gasteiger partial charge in [-0.15, -0.1) is 0 Å². The maximum Gasteiger partial charge on any atom is 0.129 e. The minimum absolute atomic E-state index is 0.323. The first-order chi connectivity index (χ1) is 7.57. The van der Waals surface area contributed by atoms with Gasteiger partial charge in [-0.25, -0.2) is 4.39 Å². The number of nitrogens with two attached hydrogens (primary N) is 2. The zero-order valence-electron chi connectivity index (χ0n) is 9.47. The minimum Gasteiger partial charge on any atom is -0.330 e. The van der Waals surface area contributed by atoms with E-state index in [-0.39, 0.29) is 11.9 Å². The molecule has 0 aliphatic carbocycles. The first kappa shape index (κ1) is 13.4.